The minimum absolute atomic E-state index is 0.0462. The standard InChI is InChI=1S/C14H18BrN3OS/c1-8-6-17-11(9(2)14(8)19-3)5-12(18-16)13-4-10(15)7-20-13/h4,6-7,12,18H,5,16H2,1-3H3. The number of nitrogens with zero attached hydrogens (tertiary/aromatic N) is 1. The van der Waals surface area contributed by atoms with Gasteiger partial charge in [0.25, 0.3) is 0 Å². The van der Waals surface area contributed by atoms with Gasteiger partial charge in [0, 0.05) is 44.2 Å². The van der Waals surface area contributed by atoms with E-state index in [-0.39, 0.29) is 6.04 Å². The topological polar surface area (TPSA) is 60.2 Å². The highest BCUT2D eigenvalue weighted by molar-refractivity contribution is 9.10. The number of nitrogens with one attached hydrogen (secondary N) is 1. The molecule has 0 aromatic carbocycles. The van der Waals surface area contributed by atoms with Crippen molar-refractivity contribution in [2.45, 2.75) is 26.3 Å². The highest BCUT2D eigenvalue weighted by Crippen LogP contribution is 2.30. The number of methoxy groups -OCH3 is 1. The van der Waals surface area contributed by atoms with Gasteiger partial charge in [0.05, 0.1) is 13.2 Å². The Morgan fingerprint density at radius 2 is 2.25 bits per heavy atom. The molecule has 1 unspecified atom stereocenters. The number of ether oxygens (including phenoxy) is 1. The zero-order chi connectivity index (χ0) is 14.7. The summed E-state index contributed by atoms with van der Waals surface area (Å²) in [6.07, 6.45) is 2.57. The average molecular weight is 356 g/mol. The first-order valence-corrected chi connectivity index (χ1v) is 7.93. The van der Waals surface area contributed by atoms with Gasteiger partial charge in [-0.2, -0.15) is 0 Å². The van der Waals surface area contributed by atoms with E-state index in [1.165, 1.54) is 4.88 Å². The summed E-state index contributed by atoms with van der Waals surface area (Å²) in [6, 6.07) is 2.13. The van der Waals surface area contributed by atoms with Crippen LogP contribution in [0.1, 0.15) is 27.7 Å². The predicted octanol–water partition coefficient (Wildman–Crippen LogP) is 3.28. The van der Waals surface area contributed by atoms with E-state index in [9.17, 15) is 0 Å². The molecule has 108 valence electrons. The fraction of sp³-hybridized carbons (Fsp3) is 0.357. The van der Waals surface area contributed by atoms with Crippen molar-refractivity contribution in [2.75, 3.05) is 7.11 Å². The number of rotatable bonds is 5. The molecule has 0 aliphatic carbocycles. The molecule has 0 spiro atoms. The Morgan fingerprint density at radius 1 is 1.50 bits per heavy atom. The van der Waals surface area contributed by atoms with Crippen LogP contribution in [0.5, 0.6) is 5.75 Å². The van der Waals surface area contributed by atoms with Gasteiger partial charge in [-0.05, 0) is 35.8 Å². The highest BCUT2D eigenvalue weighted by atomic mass is 79.9. The molecule has 4 nitrogen and oxygen atoms in total. The van der Waals surface area contributed by atoms with Crippen LogP contribution in [0, 0.1) is 13.8 Å². The number of hydrazine groups is 1. The Bertz CT molecular complexity index is 600. The average Bonchev–Trinajstić information content (AvgIpc) is 2.85. The molecule has 0 saturated carbocycles. The van der Waals surface area contributed by atoms with Crippen molar-refractivity contribution < 1.29 is 4.74 Å². The van der Waals surface area contributed by atoms with Crippen LogP contribution >= 0.6 is 27.3 Å². The summed E-state index contributed by atoms with van der Waals surface area (Å²) in [6.45, 7) is 4.03. The second kappa shape index (κ2) is 6.67. The van der Waals surface area contributed by atoms with Gasteiger partial charge in [-0.3, -0.25) is 16.3 Å². The maximum absolute atomic E-state index is 5.69. The smallest absolute Gasteiger partial charge is 0.128 e. The lowest BCUT2D eigenvalue weighted by Crippen LogP contribution is -2.29. The molecule has 20 heavy (non-hydrogen) atoms. The lowest BCUT2D eigenvalue weighted by atomic mass is 10.0. The number of aromatic nitrogens is 1. The van der Waals surface area contributed by atoms with E-state index < -0.39 is 0 Å². The maximum atomic E-state index is 5.69. The Labute approximate surface area is 131 Å². The quantitative estimate of drug-likeness (QED) is 0.638. The molecular formula is C14H18BrN3OS. The van der Waals surface area contributed by atoms with Crippen LogP contribution in [0.2, 0.25) is 0 Å². The van der Waals surface area contributed by atoms with Gasteiger partial charge in [-0.25, -0.2) is 0 Å². The van der Waals surface area contributed by atoms with E-state index in [4.69, 9.17) is 10.6 Å². The molecule has 0 fully saturated rings. The summed E-state index contributed by atoms with van der Waals surface area (Å²) in [5.41, 5.74) is 5.99. The zero-order valence-corrected chi connectivity index (χ0v) is 14.1. The first-order valence-electron chi connectivity index (χ1n) is 6.26. The second-order valence-electron chi connectivity index (χ2n) is 4.64. The molecule has 0 aliphatic heterocycles. The number of hydrogen-bond acceptors (Lipinski definition) is 5. The van der Waals surface area contributed by atoms with E-state index in [2.05, 4.69) is 37.8 Å². The summed E-state index contributed by atoms with van der Waals surface area (Å²) in [4.78, 5) is 5.70. The molecule has 2 aromatic rings. The molecule has 2 aromatic heterocycles. The molecule has 0 saturated heterocycles. The molecule has 0 radical (unpaired) electrons. The summed E-state index contributed by atoms with van der Waals surface area (Å²) in [7, 11) is 1.69. The number of aryl methyl sites for hydroxylation is 1. The SMILES string of the molecule is COc1c(C)cnc(CC(NN)c2cc(Br)cs2)c1C. The van der Waals surface area contributed by atoms with Gasteiger partial charge in [0.15, 0.2) is 0 Å². The van der Waals surface area contributed by atoms with Crippen LogP contribution in [-0.2, 0) is 6.42 Å². The Morgan fingerprint density at radius 3 is 2.80 bits per heavy atom. The summed E-state index contributed by atoms with van der Waals surface area (Å²) in [5.74, 6) is 6.60. The van der Waals surface area contributed by atoms with Crippen molar-refractivity contribution in [1.82, 2.24) is 10.4 Å². The number of thiophene rings is 1. The Balaban J connectivity index is 2.28. The van der Waals surface area contributed by atoms with Crippen LogP contribution in [0.4, 0.5) is 0 Å². The number of nitrogens with two attached hydrogens (primary N) is 1. The Kier molecular flexibility index (Phi) is 5.15. The Hall–Kier alpha value is -0.950. The summed E-state index contributed by atoms with van der Waals surface area (Å²) < 4.78 is 6.52. The first-order chi connectivity index (χ1) is 9.56. The van der Waals surface area contributed by atoms with Gasteiger partial charge in [-0.15, -0.1) is 11.3 Å². The van der Waals surface area contributed by atoms with E-state index in [0.29, 0.717) is 0 Å². The van der Waals surface area contributed by atoms with Gasteiger partial charge in [0.1, 0.15) is 5.75 Å². The van der Waals surface area contributed by atoms with Crippen LogP contribution in [-0.4, -0.2) is 12.1 Å². The van der Waals surface area contributed by atoms with E-state index in [0.717, 1.165) is 33.5 Å². The third-order valence-corrected chi connectivity index (χ3v) is 5.09. The number of halogens is 1. The normalized spacial score (nSPS) is 12.4. The van der Waals surface area contributed by atoms with E-state index >= 15 is 0 Å². The molecule has 2 rings (SSSR count). The summed E-state index contributed by atoms with van der Waals surface area (Å²) in [5, 5.41) is 2.05. The molecule has 0 amide bonds. The third kappa shape index (κ3) is 3.20. The largest absolute Gasteiger partial charge is 0.496 e. The van der Waals surface area contributed by atoms with Crippen LogP contribution in [0.15, 0.2) is 22.1 Å². The number of hydrogen-bond donors (Lipinski definition) is 2. The number of pyridine rings is 1. The van der Waals surface area contributed by atoms with Crippen LogP contribution in [0.3, 0.4) is 0 Å². The molecule has 0 aliphatic rings. The van der Waals surface area contributed by atoms with Crippen LogP contribution in [0.25, 0.3) is 0 Å². The molecular weight excluding hydrogens is 338 g/mol. The maximum Gasteiger partial charge on any atom is 0.128 e. The zero-order valence-electron chi connectivity index (χ0n) is 11.7. The van der Waals surface area contributed by atoms with Crippen molar-refractivity contribution in [2.24, 2.45) is 5.84 Å². The van der Waals surface area contributed by atoms with Crippen molar-refractivity contribution in [3.8, 4) is 5.75 Å². The van der Waals surface area contributed by atoms with Crippen LogP contribution < -0.4 is 16.0 Å². The fourth-order valence-electron chi connectivity index (χ4n) is 2.22. The van der Waals surface area contributed by atoms with Gasteiger partial charge in [-0.1, -0.05) is 0 Å². The predicted molar refractivity (Wildman–Crippen MR) is 86.1 cm³/mol. The van der Waals surface area contributed by atoms with E-state index in [1.807, 2.05) is 20.0 Å². The highest BCUT2D eigenvalue weighted by Gasteiger charge is 2.17. The van der Waals surface area contributed by atoms with Crippen molar-refractivity contribution in [3.05, 3.63) is 43.8 Å². The molecule has 3 N–H and O–H groups in total. The van der Waals surface area contributed by atoms with Gasteiger partial charge in [0.2, 0.25) is 0 Å². The molecule has 6 heteroatoms. The lowest BCUT2D eigenvalue weighted by molar-refractivity contribution is 0.406. The first kappa shape index (κ1) is 15.4. The molecule has 0 bridgehead atoms. The monoisotopic (exact) mass is 355 g/mol. The fourth-order valence-corrected chi connectivity index (χ4v) is 3.73. The van der Waals surface area contributed by atoms with E-state index in [1.54, 1.807) is 18.4 Å². The minimum Gasteiger partial charge on any atom is -0.496 e. The minimum atomic E-state index is 0.0462. The third-order valence-electron chi connectivity index (χ3n) is 3.28. The van der Waals surface area contributed by atoms with Crippen molar-refractivity contribution in [1.29, 1.82) is 0 Å². The summed E-state index contributed by atoms with van der Waals surface area (Å²) >= 11 is 5.14. The van der Waals surface area contributed by atoms with Crippen molar-refractivity contribution in [3.63, 3.8) is 0 Å². The van der Waals surface area contributed by atoms with Crippen molar-refractivity contribution >= 4 is 27.3 Å². The second-order valence-corrected chi connectivity index (χ2v) is 6.50. The van der Waals surface area contributed by atoms with Gasteiger partial charge < -0.3 is 4.74 Å². The van der Waals surface area contributed by atoms with Gasteiger partial charge >= 0.3 is 0 Å². The molecule has 2 heterocycles. The lowest BCUT2D eigenvalue weighted by Gasteiger charge is -2.17. The molecule has 1 atom stereocenters.